The Bertz CT molecular complexity index is 1990. The van der Waals surface area contributed by atoms with Gasteiger partial charge < -0.3 is 28.4 Å². The summed E-state index contributed by atoms with van der Waals surface area (Å²) in [6.07, 6.45) is 2.89. The Hall–Kier alpha value is -4.91. The zero-order valence-corrected chi connectivity index (χ0v) is 30.3. The van der Waals surface area contributed by atoms with E-state index in [2.05, 4.69) is 10.1 Å². The molecule has 12 heteroatoms. The van der Waals surface area contributed by atoms with Crippen LogP contribution in [0.3, 0.4) is 0 Å². The predicted molar refractivity (Wildman–Crippen MR) is 193 cm³/mol. The van der Waals surface area contributed by atoms with E-state index in [9.17, 15) is 4.79 Å². The zero-order valence-electron chi connectivity index (χ0n) is 30.3. The number of rotatable bonds is 11. The first-order valence-corrected chi connectivity index (χ1v) is 18.4. The summed E-state index contributed by atoms with van der Waals surface area (Å²) in [6.45, 7) is 4.52. The van der Waals surface area contributed by atoms with Gasteiger partial charge in [-0.1, -0.05) is 67.6 Å². The Balaban J connectivity index is 1.23. The van der Waals surface area contributed by atoms with Crippen molar-refractivity contribution in [3.63, 3.8) is 0 Å². The molecule has 3 heterocycles. The molecule has 2 aromatic heterocycles. The minimum absolute atomic E-state index is 0.0126. The maximum absolute atomic E-state index is 15.4. The van der Waals surface area contributed by atoms with Crippen LogP contribution in [0.4, 0.5) is 5.82 Å². The van der Waals surface area contributed by atoms with Gasteiger partial charge in [0, 0.05) is 45.3 Å². The molecule has 1 aliphatic heterocycles. The maximum atomic E-state index is 15.4. The lowest BCUT2D eigenvalue weighted by atomic mass is 9.54. The Labute approximate surface area is 308 Å². The summed E-state index contributed by atoms with van der Waals surface area (Å²) in [5.74, 6) is -2.32. The standard InChI is InChI=1S/C41H44N4O8/c1-4-17-52-41-29(34(45-15-18-49-19-16-45)36-33(38(41)48)40(43-53-36)51-24-26-13-9-6-10-14-26)21-27-20-28-32(35(46)31(27)37(41)47)30(22-42-39(28)44(2)3)50-23-25-11-7-5-8-12-25/h5-14,22,27,29,31,34H,4,15-21,23-24H2,1-3H3. The van der Waals surface area contributed by atoms with Gasteiger partial charge in [0.15, 0.2) is 22.9 Å². The van der Waals surface area contributed by atoms with E-state index in [-0.39, 0.29) is 37.0 Å². The fourth-order valence-corrected chi connectivity index (χ4v) is 8.73. The number of morpholine rings is 1. The van der Waals surface area contributed by atoms with Crippen LogP contribution in [-0.4, -0.2) is 85.0 Å². The molecule has 5 atom stereocenters. The number of hydrogen-bond donors (Lipinski definition) is 0. The van der Waals surface area contributed by atoms with Crippen molar-refractivity contribution in [1.82, 2.24) is 15.0 Å². The van der Waals surface area contributed by atoms with Crippen molar-refractivity contribution in [3.05, 3.63) is 100 Å². The van der Waals surface area contributed by atoms with Crippen molar-refractivity contribution in [2.75, 3.05) is 51.9 Å². The van der Waals surface area contributed by atoms with E-state index >= 15 is 9.59 Å². The van der Waals surface area contributed by atoms with Crippen molar-refractivity contribution >= 4 is 23.2 Å². The van der Waals surface area contributed by atoms with E-state index in [4.69, 9.17) is 28.5 Å². The second-order valence-electron chi connectivity index (χ2n) is 14.5. The summed E-state index contributed by atoms with van der Waals surface area (Å²) >= 11 is 0. The Morgan fingerprint density at radius 2 is 1.60 bits per heavy atom. The normalized spacial score (nSPS) is 25.2. The quantitative estimate of drug-likeness (QED) is 0.187. The molecule has 12 nitrogen and oxygen atoms in total. The number of carbonyl (C=O) groups excluding carboxylic acids is 3. The summed E-state index contributed by atoms with van der Waals surface area (Å²) in [6, 6.07) is 18.7. The number of ether oxygens (including phenoxy) is 4. The van der Waals surface area contributed by atoms with Crippen LogP contribution in [0, 0.1) is 17.8 Å². The van der Waals surface area contributed by atoms with E-state index in [1.165, 1.54) is 0 Å². The molecule has 53 heavy (non-hydrogen) atoms. The topological polar surface area (TPSA) is 134 Å². The van der Waals surface area contributed by atoms with Crippen LogP contribution in [0.15, 0.2) is 71.4 Å². The summed E-state index contributed by atoms with van der Waals surface area (Å²) in [7, 11) is 3.77. The van der Waals surface area contributed by atoms with Gasteiger partial charge in [-0.05, 0) is 41.5 Å². The molecule has 8 rings (SSSR count). The molecule has 276 valence electrons. The highest BCUT2D eigenvalue weighted by atomic mass is 16.5. The molecule has 4 aromatic rings. The summed E-state index contributed by atoms with van der Waals surface area (Å²) in [5.41, 5.74) is 1.03. The van der Waals surface area contributed by atoms with Gasteiger partial charge >= 0.3 is 0 Å². The van der Waals surface area contributed by atoms with Crippen molar-refractivity contribution in [2.24, 2.45) is 17.8 Å². The second-order valence-corrected chi connectivity index (χ2v) is 14.5. The van der Waals surface area contributed by atoms with Crippen LogP contribution >= 0.6 is 0 Å². The highest BCUT2D eigenvalue weighted by Gasteiger charge is 2.69. The summed E-state index contributed by atoms with van der Waals surface area (Å²) in [5, 5.41) is 4.29. The Kier molecular flexibility index (Phi) is 9.61. The van der Waals surface area contributed by atoms with Gasteiger partial charge in [0.1, 0.15) is 30.3 Å². The zero-order chi connectivity index (χ0) is 36.7. The van der Waals surface area contributed by atoms with E-state index in [1.54, 1.807) is 6.20 Å². The number of anilines is 1. The molecule has 0 N–H and O–H groups in total. The molecule has 1 saturated carbocycles. The molecule has 0 radical (unpaired) electrons. The second kappa shape index (κ2) is 14.5. The molecule has 2 aromatic carbocycles. The average Bonchev–Trinajstić information content (AvgIpc) is 3.60. The lowest BCUT2D eigenvalue weighted by Crippen LogP contribution is -2.68. The largest absolute Gasteiger partial charge is 0.487 e. The van der Waals surface area contributed by atoms with Gasteiger partial charge in [-0.25, -0.2) is 4.98 Å². The third-order valence-corrected chi connectivity index (χ3v) is 11.1. The number of benzene rings is 2. The Morgan fingerprint density at radius 3 is 2.26 bits per heavy atom. The molecule has 5 unspecified atom stereocenters. The number of Topliss-reactive ketones (excluding diaryl/α,β-unsaturated/α-hetero) is 3. The number of nitrogens with zero attached hydrogens (tertiary/aromatic N) is 4. The van der Waals surface area contributed by atoms with Crippen LogP contribution in [0.2, 0.25) is 0 Å². The fraction of sp³-hybridized carbons (Fsp3) is 0.439. The van der Waals surface area contributed by atoms with Crippen LogP contribution in [0.1, 0.15) is 69.0 Å². The SMILES string of the molecule is CCCOC12C(=O)c3c(OCc4ccccc4)noc3C(N3CCOCC3)C1CC1Cc3c(N(C)C)ncc(OCc4ccccc4)c3C(=O)C1C2=O. The van der Waals surface area contributed by atoms with Crippen molar-refractivity contribution in [2.45, 2.75) is 51.0 Å². The fourth-order valence-electron chi connectivity index (χ4n) is 8.73. The molecular weight excluding hydrogens is 676 g/mol. The molecule has 3 aliphatic carbocycles. The number of pyridine rings is 1. The van der Waals surface area contributed by atoms with E-state index < -0.39 is 41.0 Å². The summed E-state index contributed by atoms with van der Waals surface area (Å²) < 4.78 is 30.8. The number of fused-ring (bicyclic) bond motifs is 4. The predicted octanol–water partition coefficient (Wildman–Crippen LogP) is 5.29. The average molecular weight is 721 g/mol. The van der Waals surface area contributed by atoms with E-state index in [0.717, 1.165) is 16.7 Å². The smallest absolute Gasteiger partial charge is 0.265 e. The number of ketones is 3. The van der Waals surface area contributed by atoms with Crippen molar-refractivity contribution in [3.8, 4) is 11.6 Å². The minimum atomic E-state index is -1.96. The van der Waals surface area contributed by atoms with Gasteiger partial charge in [-0.15, -0.1) is 0 Å². The number of carbonyl (C=O) groups is 3. The van der Waals surface area contributed by atoms with Gasteiger partial charge in [0.2, 0.25) is 5.78 Å². The molecule has 1 saturated heterocycles. The third-order valence-electron chi connectivity index (χ3n) is 11.1. The van der Waals surface area contributed by atoms with Gasteiger partial charge in [0.05, 0.1) is 36.9 Å². The molecule has 0 bridgehead atoms. The molecule has 4 aliphatic rings. The van der Waals surface area contributed by atoms with Crippen LogP contribution in [-0.2, 0) is 33.9 Å². The van der Waals surface area contributed by atoms with Crippen LogP contribution in [0.25, 0.3) is 0 Å². The molecule has 0 spiro atoms. The van der Waals surface area contributed by atoms with Gasteiger partial charge in [-0.3, -0.25) is 19.3 Å². The molecule has 0 amide bonds. The monoisotopic (exact) mass is 720 g/mol. The third kappa shape index (κ3) is 6.02. The van der Waals surface area contributed by atoms with E-state index in [1.807, 2.05) is 86.6 Å². The first-order chi connectivity index (χ1) is 25.8. The highest BCUT2D eigenvalue weighted by molar-refractivity contribution is 6.27. The maximum Gasteiger partial charge on any atom is 0.265 e. The van der Waals surface area contributed by atoms with Crippen molar-refractivity contribution < 1.29 is 37.9 Å². The highest BCUT2D eigenvalue weighted by Crippen LogP contribution is 2.57. The van der Waals surface area contributed by atoms with Crippen molar-refractivity contribution in [1.29, 1.82) is 0 Å². The van der Waals surface area contributed by atoms with Gasteiger partial charge in [-0.2, -0.15) is 0 Å². The first kappa shape index (κ1) is 35.1. The summed E-state index contributed by atoms with van der Waals surface area (Å²) in [4.78, 5) is 54.4. The molecule has 2 fully saturated rings. The number of hydrogen-bond acceptors (Lipinski definition) is 12. The minimum Gasteiger partial charge on any atom is -0.487 e. The lowest BCUT2D eigenvalue weighted by Gasteiger charge is -2.54. The lowest BCUT2D eigenvalue weighted by molar-refractivity contribution is -0.167. The number of aromatic nitrogens is 2. The Morgan fingerprint density at radius 1 is 0.925 bits per heavy atom. The van der Waals surface area contributed by atoms with Gasteiger partial charge in [0.25, 0.3) is 5.88 Å². The molecular formula is C41H44N4O8. The van der Waals surface area contributed by atoms with Crippen LogP contribution < -0.4 is 14.4 Å². The first-order valence-electron chi connectivity index (χ1n) is 18.4. The van der Waals surface area contributed by atoms with E-state index in [0.29, 0.717) is 68.5 Å². The van der Waals surface area contributed by atoms with Crippen LogP contribution in [0.5, 0.6) is 11.6 Å².